The molecule has 3 fully saturated rings. The number of likely N-dealkylation sites (tertiary alicyclic amines) is 2. The molecule has 2 bridgehead atoms. The lowest BCUT2D eigenvalue weighted by Crippen LogP contribution is -2.51. The number of nitrogens with zero attached hydrogens (tertiary/aromatic N) is 2. The number of hydrogen-bond donors (Lipinski definition) is 2. The van der Waals surface area contributed by atoms with E-state index >= 15 is 0 Å². The van der Waals surface area contributed by atoms with Crippen molar-refractivity contribution in [2.45, 2.75) is 58.0 Å². The first kappa shape index (κ1) is 17.5. The molecule has 0 aromatic heterocycles. The number of rotatable bonds is 3. The van der Waals surface area contributed by atoms with E-state index in [2.05, 4.69) is 29.4 Å². The normalized spacial score (nSPS) is 30.4. The fourth-order valence-electron chi connectivity index (χ4n) is 4.17. The minimum Gasteiger partial charge on any atom is -0.341 e. The van der Waals surface area contributed by atoms with E-state index in [1.165, 1.54) is 12.8 Å². The molecule has 0 aromatic carbocycles. The highest BCUT2D eigenvalue weighted by atomic mass is 16.2. The third-order valence-corrected chi connectivity index (χ3v) is 5.55. The van der Waals surface area contributed by atoms with Crippen molar-refractivity contribution in [2.75, 3.05) is 32.7 Å². The highest BCUT2D eigenvalue weighted by Gasteiger charge is 2.35. The van der Waals surface area contributed by atoms with Gasteiger partial charge in [-0.25, -0.2) is 4.79 Å². The zero-order chi connectivity index (χ0) is 17.1. The molecular weight excluding hydrogens is 304 g/mol. The number of hydrogen-bond acceptors (Lipinski definition) is 3. The topological polar surface area (TPSA) is 64.7 Å². The van der Waals surface area contributed by atoms with Gasteiger partial charge >= 0.3 is 6.03 Å². The van der Waals surface area contributed by atoms with Gasteiger partial charge in [-0.3, -0.25) is 4.79 Å². The second-order valence-electron chi connectivity index (χ2n) is 8.08. The van der Waals surface area contributed by atoms with Crippen LogP contribution in [0.4, 0.5) is 4.79 Å². The Kier molecular flexibility index (Phi) is 5.64. The average molecular weight is 336 g/mol. The first-order chi connectivity index (χ1) is 11.5. The molecule has 136 valence electrons. The third kappa shape index (κ3) is 4.21. The van der Waals surface area contributed by atoms with Crippen LogP contribution < -0.4 is 10.6 Å². The van der Waals surface area contributed by atoms with Crippen LogP contribution in [0.25, 0.3) is 0 Å². The maximum Gasteiger partial charge on any atom is 0.317 e. The number of fused-ring (bicyclic) bond motifs is 2. The van der Waals surface area contributed by atoms with Gasteiger partial charge in [0.1, 0.15) is 0 Å². The zero-order valence-electron chi connectivity index (χ0n) is 15.1. The predicted molar refractivity (Wildman–Crippen MR) is 93.7 cm³/mol. The van der Waals surface area contributed by atoms with Crippen molar-refractivity contribution in [3.05, 3.63) is 0 Å². The van der Waals surface area contributed by atoms with E-state index < -0.39 is 0 Å². The van der Waals surface area contributed by atoms with Gasteiger partial charge in [0, 0.05) is 44.8 Å². The Morgan fingerprint density at radius 2 is 1.83 bits per heavy atom. The van der Waals surface area contributed by atoms with Gasteiger partial charge in [-0.15, -0.1) is 0 Å². The fourth-order valence-corrected chi connectivity index (χ4v) is 4.17. The maximum absolute atomic E-state index is 13.0. The number of nitrogens with one attached hydrogen (secondary N) is 2. The Morgan fingerprint density at radius 1 is 1.04 bits per heavy atom. The van der Waals surface area contributed by atoms with Gasteiger partial charge in [-0.05, 0) is 38.0 Å². The van der Waals surface area contributed by atoms with E-state index in [0.29, 0.717) is 31.1 Å². The molecule has 3 saturated heterocycles. The minimum atomic E-state index is -0.0276. The molecule has 24 heavy (non-hydrogen) atoms. The molecule has 0 aliphatic carbocycles. The van der Waals surface area contributed by atoms with Crippen LogP contribution in [-0.4, -0.2) is 66.5 Å². The molecule has 3 amide bonds. The van der Waals surface area contributed by atoms with Crippen LogP contribution in [-0.2, 0) is 4.79 Å². The Bertz CT molecular complexity index is 468. The molecule has 3 heterocycles. The molecule has 3 aliphatic rings. The Labute approximate surface area is 145 Å². The van der Waals surface area contributed by atoms with E-state index in [1.54, 1.807) is 0 Å². The van der Waals surface area contributed by atoms with E-state index in [0.717, 1.165) is 38.9 Å². The summed E-state index contributed by atoms with van der Waals surface area (Å²) in [7, 11) is 0. The molecular formula is C18H32N4O2. The third-order valence-electron chi connectivity index (χ3n) is 5.55. The Morgan fingerprint density at radius 3 is 2.62 bits per heavy atom. The van der Waals surface area contributed by atoms with Crippen molar-refractivity contribution in [3.8, 4) is 0 Å². The number of carbonyl (C=O) groups excluding carboxylic acids is 2. The largest absolute Gasteiger partial charge is 0.341 e. The van der Waals surface area contributed by atoms with E-state index in [-0.39, 0.29) is 17.9 Å². The molecule has 0 radical (unpaired) electrons. The monoisotopic (exact) mass is 336 g/mol. The van der Waals surface area contributed by atoms with E-state index in [9.17, 15) is 9.59 Å². The molecule has 0 aromatic rings. The summed E-state index contributed by atoms with van der Waals surface area (Å²) >= 11 is 0. The summed E-state index contributed by atoms with van der Waals surface area (Å²) in [6, 6.07) is 1.05. The molecule has 3 atom stereocenters. The molecule has 6 heteroatoms. The molecule has 6 nitrogen and oxygen atoms in total. The predicted octanol–water partition coefficient (Wildman–Crippen LogP) is 1.42. The maximum atomic E-state index is 13.0. The highest BCUT2D eigenvalue weighted by molar-refractivity contribution is 5.81. The molecule has 3 rings (SSSR count). The fraction of sp³-hybridized carbons (Fsp3) is 0.889. The quantitative estimate of drug-likeness (QED) is 0.819. The van der Waals surface area contributed by atoms with E-state index in [4.69, 9.17) is 0 Å². The van der Waals surface area contributed by atoms with Crippen LogP contribution in [0.2, 0.25) is 0 Å². The number of urea groups is 1. The summed E-state index contributed by atoms with van der Waals surface area (Å²) in [4.78, 5) is 29.1. The van der Waals surface area contributed by atoms with Crippen molar-refractivity contribution in [2.24, 2.45) is 11.8 Å². The smallest absolute Gasteiger partial charge is 0.317 e. The van der Waals surface area contributed by atoms with Crippen molar-refractivity contribution >= 4 is 11.9 Å². The van der Waals surface area contributed by atoms with Crippen LogP contribution in [0.5, 0.6) is 0 Å². The lowest BCUT2D eigenvalue weighted by molar-refractivity contribution is -0.137. The molecule has 0 saturated carbocycles. The van der Waals surface area contributed by atoms with Crippen LogP contribution in [0.15, 0.2) is 0 Å². The Balaban J connectivity index is 1.53. The summed E-state index contributed by atoms with van der Waals surface area (Å²) < 4.78 is 0. The van der Waals surface area contributed by atoms with Crippen LogP contribution in [0, 0.1) is 11.8 Å². The van der Waals surface area contributed by atoms with Crippen molar-refractivity contribution < 1.29 is 9.59 Å². The van der Waals surface area contributed by atoms with Crippen molar-refractivity contribution in [1.29, 1.82) is 0 Å². The second kappa shape index (κ2) is 7.72. The molecule has 3 unspecified atom stereocenters. The lowest BCUT2D eigenvalue weighted by atomic mass is 9.96. The van der Waals surface area contributed by atoms with Gasteiger partial charge in [-0.2, -0.15) is 0 Å². The van der Waals surface area contributed by atoms with Crippen LogP contribution in [0.1, 0.15) is 46.0 Å². The van der Waals surface area contributed by atoms with Gasteiger partial charge in [0.05, 0.1) is 5.92 Å². The van der Waals surface area contributed by atoms with Gasteiger partial charge in [-0.1, -0.05) is 13.8 Å². The Hall–Kier alpha value is -1.30. The zero-order valence-corrected chi connectivity index (χ0v) is 15.1. The summed E-state index contributed by atoms with van der Waals surface area (Å²) in [6.07, 6.45) is 5.32. The molecule has 0 spiro atoms. The van der Waals surface area contributed by atoms with Crippen molar-refractivity contribution in [1.82, 2.24) is 20.4 Å². The van der Waals surface area contributed by atoms with Gasteiger partial charge < -0.3 is 20.4 Å². The summed E-state index contributed by atoms with van der Waals surface area (Å²) in [5.41, 5.74) is 0. The first-order valence-corrected chi connectivity index (χ1v) is 9.60. The highest BCUT2D eigenvalue weighted by Crippen LogP contribution is 2.24. The SMILES string of the molecule is CC(C)CNC(=O)N1CCCC(C(=O)N2CCC3CCC(C2)N3)C1. The van der Waals surface area contributed by atoms with Crippen LogP contribution in [0.3, 0.4) is 0 Å². The summed E-state index contributed by atoms with van der Waals surface area (Å²) in [6.45, 7) is 7.90. The summed E-state index contributed by atoms with van der Waals surface area (Å²) in [5, 5.41) is 6.60. The van der Waals surface area contributed by atoms with Gasteiger partial charge in [0.25, 0.3) is 0 Å². The molecule has 3 aliphatic heterocycles. The number of amides is 3. The van der Waals surface area contributed by atoms with Crippen molar-refractivity contribution in [3.63, 3.8) is 0 Å². The summed E-state index contributed by atoms with van der Waals surface area (Å²) in [5.74, 6) is 0.669. The second-order valence-corrected chi connectivity index (χ2v) is 8.08. The standard InChI is InChI=1S/C18H32N4O2/c1-13(2)10-19-18(24)22-8-3-4-14(11-22)17(23)21-9-7-15-5-6-16(12-21)20-15/h13-16,20H,3-12H2,1-2H3,(H,19,24). The van der Waals surface area contributed by atoms with Crippen LogP contribution >= 0.6 is 0 Å². The lowest BCUT2D eigenvalue weighted by Gasteiger charge is -2.35. The molecule has 2 N–H and O–H groups in total. The van der Waals surface area contributed by atoms with E-state index in [1.807, 2.05) is 4.90 Å². The average Bonchev–Trinajstić information content (AvgIpc) is 2.91. The minimum absolute atomic E-state index is 0.0159. The first-order valence-electron chi connectivity index (χ1n) is 9.60. The number of carbonyl (C=O) groups is 2. The van der Waals surface area contributed by atoms with Gasteiger partial charge in [0.15, 0.2) is 0 Å². The number of piperidine rings is 1. The van der Waals surface area contributed by atoms with Gasteiger partial charge in [0.2, 0.25) is 5.91 Å².